The van der Waals surface area contributed by atoms with Crippen LogP contribution in [0.3, 0.4) is 0 Å². The number of carbonyl (C=O) groups excluding carboxylic acids is 1. The van der Waals surface area contributed by atoms with E-state index in [9.17, 15) is 4.79 Å². The summed E-state index contributed by atoms with van der Waals surface area (Å²) in [5.41, 5.74) is 1.03. The van der Waals surface area contributed by atoms with Crippen LogP contribution >= 0.6 is 11.3 Å². The third-order valence-corrected chi connectivity index (χ3v) is 5.93. The Morgan fingerprint density at radius 3 is 2.96 bits per heavy atom. The van der Waals surface area contributed by atoms with E-state index in [1.807, 2.05) is 37.2 Å². The molecule has 2 heterocycles. The van der Waals surface area contributed by atoms with Gasteiger partial charge in [0, 0.05) is 19.1 Å². The second kappa shape index (κ2) is 7.49. The predicted molar refractivity (Wildman–Crippen MR) is 99.5 cm³/mol. The minimum Gasteiger partial charge on any atom is -0.336 e. The molecule has 1 aromatic heterocycles. The molecule has 0 spiro atoms. The first-order valence-electron chi connectivity index (χ1n) is 8.62. The van der Waals surface area contributed by atoms with E-state index in [0.717, 1.165) is 36.3 Å². The Morgan fingerprint density at radius 2 is 2.21 bits per heavy atom. The number of nitrogens with one attached hydrogen (secondary N) is 1. The smallest absolute Gasteiger partial charge is 0.318 e. The highest BCUT2D eigenvalue weighted by Crippen LogP contribution is 2.35. The molecule has 0 bridgehead atoms. The van der Waals surface area contributed by atoms with Gasteiger partial charge in [0.05, 0.1) is 16.3 Å². The van der Waals surface area contributed by atoms with Crippen LogP contribution < -0.4 is 5.32 Å². The maximum Gasteiger partial charge on any atom is 0.318 e. The molecule has 130 valence electrons. The maximum atomic E-state index is 12.7. The van der Waals surface area contributed by atoms with Gasteiger partial charge in [0.1, 0.15) is 5.01 Å². The first-order chi connectivity index (χ1) is 11.6. The second-order valence-electron chi connectivity index (χ2n) is 6.72. The van der Waals surface area contributed by atoms with Crippen LogP contribution in [0, 0.1) is 0 Å². The third kappa shape index (κ3) is 3.70. The van der Waals surface area contributed by atoms with Crippen molar-refractivity contribution >= 4 is 27.6 Å². The standard InChI is InChI=1S/C18H26N4OS/c1-13(21(2)3)12-19-18(23)22-11-7-6-9-15(22)17-20-14-8-4-5-10-16(14)24-17/h4-5,8,10,13,15H,6-7,9,11-12H2,1-3H3,(H,19,23). The largest absolute Gasteiger partial charge is 0.336 e. The molecule has 1 aliphatic heterocycles. The number of hydrogen-bond acceptors (Lipinski definition) is 4. The molecule has 5 nitrogen and oxygen atoms in total. The molecule has 2 unspecified atom stereocenters. The molecule has 1 saturated heterocycles. The van der Waals surface area contributed by atoms with Crippen molar-refractivity contribution in [3.63, 3.8) is 0 Å². The number of aromatic nitrogens is 1. The molecule has 2 aromatic rings. The van der Waals surface area contributed by atoms with Crippen LogP contribution in [0.15, 0.2) is 24.3 Å². The van der Waals surface area contributed by atoms with Gasteiger partial charge in [-0.15, -0.1) is 11.3 Å². The highest BCUT2D eigenvalue weighted by molar-refractivity contribution is 7.18. The Balaban J connectivity index is 1.74. The Morgan fingerprint density at radius 1 is 1.42 bits per heavy atom. The van der Waals surface area contributed by atoms with Crippen LogP contribution in [0.2, 0.25) is 0 Å². The Labute approximate surface area is 147 Å². The lowest BCUT2D eigenvalue weighted by molar-refractivity contribution is 0.149. The van der Waals surface area contributed by atoms with E-state index in [0.29, 0.717) is 12.6 Å². The zero-order valence-corrected chi connectivity index (χ0v) is 15.5. The van der Waals surface area contributed by atoms with Crippen molar-refractivity contribution in [3.05, 3.63) is 29.3 Å². The number of fused-ring (bicyclic) bond motifs is 1. The summed E-state index contributed by atoms with van der Waals surface area (Å²) >= 11 is 1.71. The summed E-state index contributed by atoms with van der Waals surface area (Å²) in [6, 6.07) is 8.65. The first kappa shape index (κ1) is 17.2. The third-order valence-electron chi connectivity index (χ3n) is 4.79. The minimum absolute atomic E-state index is 0.0349. The number of nitrogens with zero attached hydrogens (tertiary/aromatic N) is 3. The normalized spacial score (nSPS) is 19.7. The van der Waals surface area contributed by atoms with E-state index in [1.54, 1.807) is 11.3 Å². The molecule has 1 N–H and O–H groups in total. The number of piperidine rings is 1. The number of rotatable bonds is 4. The zero-order chi connectivity index (χ0) is 17.1. The molecule has 24 heavy (non-hydrogen) atoms. The summed E-state index contributed by atoms with van der Waals surface area (Å²) in [5.74, 6) is 0. The average molecular weight is 347 g/mol. The van der Waals surface area contributed by atoms with Crippen LogP contribution in [0.25, 0.3) is 10.2 Å². The van der Waals surface area contributed by atoms with Gasteiger partial charge in [0.2, 0.25) is 0 Å². The molecule has 0 saturated carbocycles. The lowest BCUT2D eigenvalue weighted by Gasteiger charge is -2.35. The Bertz CT molecular complexity index is 666. The fraction of sp³-hybridized carbons (Fsp3) is 0.556. The number of benzene rings is 1. The number of para-hydroxylation sites is 1. The highest BCUT2D eigenvalue weighted by Gasteiger charge is 2.30. The van der Waals surface area contributed by atoms with Crippen molar-refractivity contribution in [1.29, 1.82) is 0 Å². The molecular formula is C18H26N4OS. The summed E-state index contributed by atoms with van der Waals surface area (Å²) in [5, 5.41) is 4.15. The molecule has 2 amide bonds. The number of likely N-dealkylation sites (tertiary alicyclic amines) is 1. The van der Waals surface area contributed by atoms with Crippen molar-refractivity contribution < 1.29 is 4.79 Å². The lowest BCUT2D eigenvalue weighted by Crippen LogP contribution is -2.47. The molecule has 0 radical (unpaired) electrons. The summed E-state index contributed by atoms with van der Waals surface area (Å²) in [6.07, 6.45) is 3.22. The van der Waals surface area contributed by atoms with Gasteiger partial charge in [-0.2, -0.15) is 0 Å². The molecule has 1 fully saturated rings. The van der Waals surface area contributed by atoms with Crippen LogP contribution in [-0.2, 0) is 0 Å². The van der Waals surface area contributed by atoms with E-state index in [-0.39, 0.29) is 12.1 Å². The van der Waals surface area contributed by atoms with Gasteiger partial charge in [-0.25, -0.2) is 9.78 Å². The number of amides is 2. The monoisotopic (exact) mass is 346 g/mol. The lowest BCUT2D eigenvalue weighted by atomic mass is 10.0. The number of thiazole rings is 1. The summed E-state index contributed by atoms with van der Waals surface area (Å²) < 4.78 is 1.19. The molecule has 1 aromatic carbocycles. The number of likely N-dealkylation sites (N-methyl/N-ethyl adjacent to an activating group) is 1. The van der Waals surface area contributed by atoms with Crippen LogP contribution in [0.4, 0.5) is 4.79 Å². The van der Waals surface area contributed by atoms with Gasteiger partial charge < -0.3 is 15.1 Å². The highest BCUT2D eigenvalue weighted by atomic mass is 32.1. The summed E-state index contributed by atoms with van der Waals surface area (Å²) in [6.45, 7) is 3.58. The van der Waals surface area contributed by atoms with Crippen molar-refractivity contribution in [2.75, 3.05) is 27.2 Å². The van der Waals surface area contributed by atoms with Gasteiger partial charge in [-0.1, -0.05) is 12.1 Å². The van der Waals surface area contributed by atoms with Gasteiger partial charge in [-0.05, 0) is 52.4 Å². The Hall–Kier alpha value is -1.66. The SMILES string of the molecule is CC(CNC(=O)N1CCCCC1c1nc2ccccc2s1)N(C)C. The van der Waals surface area contributed by atoms with Crippen molar-refractivity contribution in [1.82, 2.24) is 20.1 Å². The number of carbonyl (C=O) groups is 1. The van der Waals surface area contributed by atoms with Crippen LogP contribution in [-0.4, -0.2) is 54.0 Å². The average Bonchev–Trinajstić information content (AvgIpc) is 3.03. The van der Waals surface area contributed by atoms with Crippen LogP contribution in [0.5, 0.6) is 0 Å². The predicted octanol–water partition coefficient (Wildman–Crippen LogP) is 3.48. The fourth-order valence-corrected chi connectivity index (χ4v) is 4.10. The quantitative estimate of drug-likeness (QED) is 0.922. The molecule has 2 atom stereocenters. The van der Waals surface area contributed by atoms with Gasteiger partial charge >= 0.3 is 6.03 Å². The van der Waals surface area contributed by atoms with Crippen molar-refractivity contribution in [2.24, 2.45) is 0 Å². The summed E-state index contributed by atoms with van der Waals surface area (Å²) in [7, 11) is 4.06. The van der Waals surface area contributed by atoms with Gasteiger partial charge in [0.15, 0.2) is 0 Å². The van der Waals surface area contributed by atoms with Crippen molar-refractivity contribution in [2.45, 2.75) is 38.3 Å². The fourth-order valence-electron chi connectivity index (χ4n) is 2.98. The maximum absolute atomic E-state index is 12.7. The summed E-state index contributed by atoms with van der Waals surface area (Å²) in [4.78, 5) is 21.6. The molecular weight excluding hydrogens is 320 g/mol. The van der Waals surface area contributed by atoms with Crippen molar-refractivity contribution in [3.8, 4) is 0 Å². The molecule has 1 aliphatic rings. The zero-order valence-electron chi connectivity index (χ0n) is 14.7. The van der Waals surface area contributed by atoms with E-state index in [2.05, 4.69) is 23.2 Å². The van der Waals surface area contributed by atoms with E-state index in [1.165, 1.54) is 4.70 Å². The van der Waals surface area contributed by atoms with Gasteiger partial charge in [0.25, 0.3) is 0 Å². The molecule has 0 aliphatic carbocycles. The topological polar surface area (TPSA) is 48.5 Å². The Kier molecular flexibility index (Phi) is 5.36. The van der Waals surface area contributed by atoms with E-state index in [4.69, 9.17) is 4.98 Å². The van der Waals surface area contributed by atoms with E-state index >= 15 is 0 Å². The first-order valence-corrected chi connectivity index (χ1v) is 9.44. The second-order valence-corrected chi connectivity index (χ2v) is 7.79. The van der Waals surface area contributed by atoms with E-state index < -0.39 is 0 Å². The van der Waals surface area contributed by atoms with Gasteiger partial charge in [-0.3, -0.25) is 0 Å². The van der Waals surface area contributed by atoms with Crippen LogP contribution in [0.1, 0.15) is 37.2 Å². The minimum atomic E-state index is 0.0349. The number of urea groups is 1. The molecule has 3 rings (SSSR count). The number of hydrogen-bond donors (Lipinski definition) is 1. The molecule has 6 heteroatoms.